The summed E-state index contributed by atoms with van der Waals surface area (Å²) >= 11 is 1.27. The van der Waals surface area contributed by atoms with Gasteiger partial charge in [-0.15, -0.1) is 11.8 Å². The second kappa shape index (κ2) is 11.8. The van der Waals surface area contributed by atoms with Gasteiger partial charge < -0.3 is 30.7 Å². The van der Waals surface area contributed by atoms with E-state index in [0.717, 1.165) is 32.2 Å². The summed E-state index contributed by atoms with van der Waals surface area (Å²) in [4.78, 5) is 17.3. The van der Waals surface area contributed by atoms with Crippen LogP contribution in [0.5, 0.6) is 0 Å². The van der Waals surface area contributed by atoms with Crippen LogP contribution in [0.1, 0.15) is 38.7 Å². The molecule has 9 heteroatoms. The number of hydrogen-bond donors (Lipinski definition) is 5. The number of rotatable bonds is 9. The van der Waals surface area contributed by atoms with Crippen LogP contribution in [0.15, 0.2) is 24.5 Å². The number of ether oxygens (including phenoxy) is 1. The minimum absolute atomic E-state index is 0.0323. The van der Waals surface area contributed by atoms with Gasteiger partial charge in [-0.05, 0) is 68.0 Å². The van der Waals surface area contributed by atoms with Crippen LogP contribution in [0.2, 0.25) is 0 Å². The van der Waals surface area contributed by atoms with Crippen LogP contribution in [0.4, 0.5) is 0 Å². The monoisotopic (exact) mass is 467 g/mol. The number of nitrogens with one attached hydrogen (secondary N) is 2. The second-order valence-electron chi connectivity index (χ2n) is 9.18. The van der Waals surface area contributed by atoms with E-state index in [9.17, 15) is 20.1 Å². The maximum atomic E-state index is 13.2. The third-order valence-corrected chi connectivity index (χ3v) is 7.50. The molecule has 0 bridgehead atoms. The number of carbonyl (C=O) groups excluding carboxylic acids is 1. The maximum Gasteiger partial charge on any atom is 0.237 e. The van der Waals surface area contributed by atoms with Crippen molar-refractivity contribution in [3.63, 3.8) is 0 Å². The molecule has 3 rings (SSSR count). The normalized spacial score (nSPS) is 33.9. The molecule has 8 unspecified atom stereocenters. The Morgan fingerprint density at radius 1 is 1.25 bits per heavy atom. The smallest absolute Gasteiger partial charge is 0.237 e. The summed E-state index contributed by atoms with van der Waals surface area (Å²) in [5, 5.41) is 37.4. The fraction of sp³-hybridized carbons (Fsp3) is 0.739. The Morgan fingerprint density at radius 2 is 1.97 bits per heavy atom. The quantitative estimate of drug-likeness (QED) is 0.359. The van der Waals surface area contributed by atoms with Gasteiger partial charge in [0.1, 0.15) is 29.9 Å². The standard InChI is InChI=1S/C23H37N3O5S/c1-13(2)16(21-19(28)18(27)20(29)23(31-21)32-3)26-22(30)17-15(9-12-25-17)6-4-5-14-7-10-24-11-8-14/h7-8,10-11,13,15-21,23,25,27-29H,4-6,9,12H2,1-3H3,(H,26,30). The molecule has 0 aliphatic carbocycles. The van der Waals surface area contributed by atoms with Crippen molar-refractivity contribution in [3.8, 4) is 0 Å². The van der Waals surface area contributed by atoms with Gasteiger partial charge in [0, 0.05) is 12.4 Å². The Labute approximate surface area is 194 Å². The third-order valence-electron chi connectivity index (χ3n) is 6.64. The molecule has 2 aliphatic heterocycles. The van der Waals surface area contributed by atoms with Crippen molar-refractivity contribution in [1.29, 1.82) is 0 Å². The first-order chi connectivity index (χ1) is 15.3. The van der Waals surface area contributed by atoms with E-state index in [-0.39, 0.29) is 23.8 Å². The summed E-state index contributed by atoms with van der Waals surface area (Å²) in [7, 11) is 0. The van der Waals surface area contributed by atoms with Crippen molar-refractivity contribution in [1.82, 2.24) is 15.6 Å². The SMILES string of the molecule is CSC1OC(C(NC(=O)C2NCCC2CCCc2ccncc2)C(C)C)C(O)C(O)C1O. The Kier molecular flexibility index (Phi) is 9.33. The Morgan fingerprint density at radius 3 is 2.62 bits per heavy atom. The first kappa shape index (κ1) is 25.4. The van der Waals surface area contributed by atoms with Crippen LogP contribution in [-0.2, 0) is 16.0 Å². The van der Waals surface area contributed by atoms with Crippen LogP contribution in [0.25, 0.3) is 0 Å². The number of carbonyl (C=O) groups is 1. The van der Waals surface area contributed by atoms with Crippen molar-refractivity contribution in [2.24, 2.45) is 11.8 Å². The van der Waals surface area contributed by atoms with E-state index >= 15 is 0 Å². The van der Waals surface area contributed by atoms with Crippen molar-refractivity contribution in [3.05, 3.63) is 30.1 Å². The first-order valence-corrected chi connectivity index (χ1v) is 12.8. The number of aliphatic hydroxyl groups excluding tert-OH is 3. The summed E-state index contributed by atoms with van der Waals surface area (Å²) in [6.45, 7) is 4.69. The lowest BCUT2D eigenvalue weighted by atomic mass is 9.88. The molecule has 2 saturated heterocycles. The molecular weight excluding hydrogens is 430 g/mol. The van der Waals surface area contributed by atoms with Gasteiger partial charge in [0.25, 0.3) is 0 Å². The Bertz CT molecular complexity index is 723. The molecule has 1 aromatic heterocycles. The van der Waals surface area contributed by atoms with Gasteiger partial charge in [0.15, 0.2) is 0 Å². The molecule has 180 valence electrons. The predicted molar refractivity (Wildman–Crippen MR) is 124 cm³/mol. The number of nitrogens with zero attached hydrogens (tertiary/aromatic N) is 1. The minimum atomic E-state index is -1.32. The zero-order valence-corrected chi connectivity index (χ0v) is 19.9. The number of pyridine rings is 1. The summed E-state index contributed by atoms with van der Waals surface area (Å²) in [6, 6.07) is 3.26. The summed E-state index contributed by atoms with van der Waals surface area (Å²) in [5.41, 5.74) is 0.585. The van der Waals surface area contributed by atoms with Gasteiger partial charge in [-0.3, -0.25) is 9.78 Å². The predicted octanol–water partition coefficient (Wildman–Crippen LogP) is 0.694. The fourth-order valence-corrected chi connectivity index (χ4v) is 5.42. The molecule has 8 atom stereocenters. The van der Waals surface area contributed by atoms with Crippen LogP contribution in [0, 0.1) is 11.8 Å². The number of thioether (sulfide) groups is 1. The highest BCUT2D eigenvalue weighted by atomic mass is 32.2. The molecule has 3 heterocycles. The second-order valence-corrected chi connectivity index (χ2v) is 10.1. The highest BCUT2D eigenvalue weighted by Gasteiger charge is 2.48. The topological polar surface area (TPSA) is 124 Å². The minimum Gasteiger partial charge on any atom is -0.388 e. The first-order valence-electron chi connectivity index (χ1n) is 11.5. The van der Waals surface area contributed by atoms with Crippen molar-refractivity contribution in [2.45, 2.75) is 81.5 Å². The lowest BCUT2D eigenvalue weighted by molar-refractivity contribution is -0.208. The molecule has 2 fully saturated rings. The largest absolute Gasteiger partial charge is 0.388 e. The number of aryl methyl sites for hydroxylation is 1. The molecule has 0 aromatic carbocycles. The molecule has 0 spiro atoms. The summed E-state index contributed by atoms with van der Waals surface area (Å²) < 4.78 is 5.92. The highest BCUT2D eigenvalue weighted by molar-refractivity contribution is 7.99. The van der Waals surface area contributed by atoms with E-state index in [1.165, 1.54) is 17.3 Å². The summed E-state index contributed by atoms with van der Waals surface area (Å²) in [6.07, 6.45) is 4.63. The number of hydrogen-bond acceptors (Lipinski definition) is 8. The Balaban J connectivity index is 1.60. The summed E-state index contributed by atoms with van der Waals surface area (Å²) in [5.74, 6) is 0.107. The van der Waals surface area contributed by atoms with Gasteiger partial charge >= 0.3 is 0 Å². The highest BCUT2D eigenvalue weighted by Crippen LogP contribution is 2.31. The van der Waals surface area contributed by atoms with Crippen molar-refractivity contribution < 1.29 is 24.9 Å². The van der Waals surface area contributed by atoms with Gasteiger partial charge in [-0.25, -0.2) is 0 Å². The zero-order valence-electron chi connectivity index (χ0n) is 19.1. The van der Waals surface area contributed by atoms with Crippen LogP contribution >= 0.6 is 11.8 Å². The maximum absolute atomic E-state index is 13.2. The molecule has 0 saturated carbocycles. The van der Waals surface area contributed by atoms with Crippen LogP contribution in [-0.4, -0.2) is 80.9 Å². The molecule has 2 aliphatic rings. The Hall–Kier alpha value is -1.23. The van der Waals surface area contributed by atoms with E-state index < -0.39 is 35.9 Å². The fourth-order valence-electron chi connectivity index (χ4n) is 4.74. The average Bonchev–Trinajstić information content (AvgIpc) is 3.25. The van der Waals surface area contributed by atoms with E-state index in [2.05, 4.69) is 15.6 Å². The molecule has 5 N–H and O–H groups in total. The van der Waals surface area contributed by atoms with Gasteiger partial charge in [-0.1, -0.05) is 13.8 Å². The van der Waals surface area contributed by atoms with E-state index in [0.29, 0.717) is 0 Å². The van der Waals surface area contributed by atoms with Gasteiger partial charge in [0.2, 0.25) is 5.91 Å². The van der Waals surface area contributed by atoms with E-state index in [1.54, 1.807) is 18.6 Å². The number of aliphatic hydroxyl groups is 3. The average molecular weight is 468 g/mol. The van der Waals surface area contributed by atoms with E-state index in [1.807, 2.05) is 26.0 Å². The lowest BCUT2D eigenvalue weighted by Crippen LogP contribution is -2.64. The molecular formula is C23H37N3O5S. The lowest BCUT2D eigenvalue weighted by Gasteiger charge is -2.44. The van der Waals surface area contributed by atoms with Crippen molar-refractivity contribution >= 4 is 17.7 Å². The zero-order chi connectivity index (χ0) is 23.3. The van der Waals surface area contributed by atoms with Gasteiger partial charge in [0.05, 0.1) is 12.1 Å². The molecule has 1 aromatic rings. The third kappa shape index (κ3) is 6.01. The van der Waals surface area contributed by atoms with Crippen LogP contribution < -0.4 is 10.6 Å². The molecule has 0 radical (unpaired) electrons. The van der Waals surface area contributed by atoms with Gasteiger partial charge in [-0.2, -0.15) is 0 Å². The molecule has 1 amide bonds. The number of aromatic nitrogens is 1. The van der Waals surface area contributed by atoms with Crippen molar-refractivity contribution in [2.75, 3.05) is 12.8 Å². The molecule has 32 heavy (non-hydrogen) atoms. The number of amides is 1. The van der Waals surface area contributed by atoms with Crippen LogP contribution in [0.3, 0.4) is 0 Å². The van der Waals surface area contributed by atoms with E-state index in [4.69, 9.17) is 4.74 Å². The molecule has 8 nitrogen and oxygen atoms in total.